The molecule has 1 aromatic heterocycles. The molecule has 0 saturated carbocycles. The van der Waals surface area contributed by atoms with Crippen LogP contribution in [0.5, 0.6) is 0 Å². The lowest BCUT2D eigenvalue weighted by Crippen LogP contribution is -3.00. The number of unbranched alkanes of at least 4 members (excludes halogenated alkanes) is 1. The monoisotopic (exact) mass is 314 g/mol. The van der Waals surface area contributed by atoms with Gasteiger partial charge >= 0.3 is 0 Å². The van der Waals surface area contributed by atoms with Gasteiger partial charge in [0.2, 0.25) is 5.91 Å². The van der Waals surface area contributed by atoms with Gasteiger partial charge in [0.15, 0.2) is 12.4 Å². The Hall–Kier alpha value is -0.900. The normalized spacial score (nSPS) is 10.6. The van der Waals surface area contributed by atoms with Crippen molar-refractivity contribution >= 4 is 5.91 Å². The molecule has 1 heterocycles. The highest BCUT2D eigenvalue weighted by Crippen LogP contribution is 2.02. The minimum absolute atomic E-state index is 0. The fraction of sp³-hybridized carbons (Fsp3) is 0.571. The maximum absolute atomic E-state index is 11.6. The van der Waals surface area contributed by atoms with Gasteiger partial charge in [-0.1, -0.05) is 6.07 Å². The molecule has 0 fully saturated rings. The highest BCUT2D eigenvalue weighted by atomic mass is 79.9. The maximum Gasteiger partial charge on any atom is 0.220 e. The van der Waals surface area contributed by atoms with Gasteiger partial charge < -0.3 is 22.3 Å². The number of nitrogens with one attached hydrogen (secondary N) is 1. The summed E-state index contributed by atoms with van der Waals surface area (Å²) < 4.78 is 2.14. The molecule has 1 aromatic rings. The Morgan fingerprint density at radius 3 is 2.28 bits per heavy atom. The Kier molecular flexibility index (Phi) is 7.83. The standard InChI is InChI=1S/C14H22N2O.BrH/c1-14(2,3)15-13(17)9-5-8-12-16-10-6-4-7-11-16;/h4,6-7,10-11H,5,8-9,12H2,1-3H3;1H. The largest absolute Gasteiger partial charge is 1.00 e. The zero-order valence-electron chi connectivity index (χ0n) is 11.4. The zero-order chi connectivity index (χ0) is 12.7. The van der Waals surface area contributed by atoms with Crippen LogP contribution in [-0.2, 0) is 11.3 Å². The fourth-order valence-electron chi connectivity index (χ4n) is 1.64. The molecule has 18 heavy (non-hydrogen) atoms. The van der Waals surface area contributed by atoms with Crippen molar-refractivity contribution in [3.8, 4) is 0 Å². The van der Waals surface area contributed by atoms with Crippen molar-refractivity contribution in [1.82, 2.24) is 5.32 Å². The van der Waals surface area contributed by atoms with Gasteiger partial charge in [0.05, 0.1) is 0 Å². The highest BCUT2D eigenvalue weighted by Gasteiger charge is 2.13. The Morgan fingerprint density at radius 2 is 1.72 bits per heavy atom. The van der Waals surface area contributed by atoms with Crippen LogP contribution in [0.2, 0.25) is 0 Å². The summed E-state index contributed by atoms with van der Waals surface area (Å²) in [5.41, 5.74) is -0.120. The summed E-state index contributed by atoms with van der Waals surface area (Å²) in [5, 5.41) is 2.97. The molecule has 1 amide bonds. The lowest BCUT2D eigenvalue weighted by molar-refractivity contribution is -0.697. The average Bonchev–Trinajstić information content (AvgIpc) is 2.23. The van der Waals surface area contributed by atoms with Gasteiger partial charge in [-0.3, -0.25) is 4.79 Å². The second-order valence-corrected chi connectivity index (χ2v) is 5.37. The van der Waals surface area contributed by atoms with Crippen LogP contribution in [0.25, 0.3) is 0 Å². The molecule has 0 atom stereocenters. The molecule has 102 valence electrons. The topological polar surface area (TPSA) is 33.0 Å². The molecular formula is C14H23BrN2O. The third-order valence-electron chi connectivity index (χ3n) is 2.36. The van der Waals surface area contributed by atoms with E-state index in [1.54, 1.807) is 0 Å². The van der Waals surface area contributed by atoms with E-state index >= 15 is 0 Å². The van der Waals surface area contributed by atoms with E-state index in [9.17, 15) is 4.79 Å². The molecule has 0 saturated heterocycles. The molecule has 0 spiro atoms. The van der Waals surface area contributed by atoms with Gasteiger partial charge in [-0.25, -0.2) is 4.57 Å². The zero-order valence-corrected chi connectivity index (χ0v) is 13.0. The van der Waals surface area contributed by atoms with E-state index in [-0.39, 0.29) is 28.4 Å². The number of pyridine rings is 1. The highest BCUT2D eigenvalue weighted by molar-refractivity contribution is 5.76. The first-order valence-electron chi connectivity index (χ1n) is 6.22. The molecule has 3 nitrogen and oxygen atoms in total. The lowest BCUT2D eigenvalue weighted by Gasteiger charge is -2.20. The number of nitrogens with zero attached hydrogens (tertiary/aromatic N) is 1. The van der Waals surface area contributed by atoms with Crippen molar-refractivity contribution < 1.29 is 26.3 Å². The Morgan fingerprint density at radius 1 is 1.11 bits per heavy atom. The first kappa shape index (κ1) is 17.1. The van der Waals surface area contributed by atoms with Crippen molar-refractivity contribution in [1.29, 1.82) is 0 Å². The summed E-state index contributed by atoms with van der Waals surface area (Å²) in [6, 6.07) is 6.05. The number of halogens is 1. The predicted octanol–water partition coefficient (Wildman–Crippen LogP) is -0.937. The molecule has 0 aliphatic carbocycles. The van der Waals surface area contributed by atoms with E-state index in [1.165, 1.54) is 0 Å². The Balaban J connectivity index is 0.00000289. The van der Waals surface area contributed by atoms with Crippen LogP contribution in [0.4, 0.5) is 0 Å². The van der Waals surface area contributed by atoms with Crippen LogP contribution < -0.4 is 26.9 Å². The van der Waals surface area contributed by atoms with E-state index < -0.39 is 0 Å². The van der Waals surface area contributed by atoms with E-state index in [4.69, 9.17) is 0 Å². The molecule has 0 aromatic carbocycles. The van der Waals surface area contributed by atoms with Gasteiger partial charge in [0, 0.05) is 30.5 Å². The summed E-state index contributed by atoms with van der Waals surface area (Å²) in [6.07, 6.45) is 6.69. The van der Waals surface area contributed by atoms with Crippen LogP contribution >= 0.6 is 0 Å². The summed E-state index contributed by atoms with van der Waals surface area (Å²) in [7, 11) is 0. The predicted molar refractivity (Wildman–Crippen MR) is 68.4 cm³/mol. The number of aromatic nitrogens is 1. The number of carbonyl (C=O) groups is 1. The first-order valence-corrected chi connectivity index (χ1v) is 6.22. The molecule has 0 bridgehead atoms. The third-order valence-corrected chi connectivity index (χ3v) is 2.36. The van der Waals surface area contributed by atoms with Gasteiger partial charge in [0.25, 0.3) is 0 Å². The van der Waals surface area contributed by atoms with Crippen molar-refractivity contribution in [2.75, 3.05) is 0 Å². The van der Waals surface area contributed by atoms with E-state index in [0.29, 0.717) is 6.42 Å². The minimum atomic E-state index is -0.120. The lowest BCUT2D eigenvalue weighted by atomic mass is 10.1. The molecule has 1 rings (SSSR count). The van der Waals surface area contributed by atoms with Crippen LogP contribution in [0.3, 0.4) is 0 Å². The molecular weight excluding hydrogens is 292 g/mol. The van der Waals surface area contributed by atoms with Gasteiger partial charge in [-0.2, -0.15) is 0 Å². The van der Waals surface area contributed by atoms with Gasteiger partial charge in [-0.15, -0.1) is 0 Å². The van der Waals surface area contributed by atoms with Crippen LogP contribution in [0.1, 0.15) is 40.0 Å². The molecule has 0 unspecified atom stereocenters. The van der Waals surface area contributed by atoms with Crippen molar-refractivity contribution in [3.63, 3.8) is 0 Å². The summed E-state index contributed by atoms with van der Waals surface area (Å²) in [4.78, 5) is 11.6. The third kappa shape index (κ3) is 8.23. The van der Waals surface area contributed by atoms with Crippen molar-refractivity contribution in [2.45, 2.75) is 52.1 Å². The second-order valence-electron chi connectivity index (χ2n) is 5.37. The molecule has 0 aliphatic rings. The average molecular weight is 315 g/mol. The molecule has 0 aliphatic heterocycles. The number of hydrogen-bond acceptors (Lipinski definition) is 1. The number of rotatable bonds is 5. The van der Waals surface area contributed by atoms with E-state index in [1.807, 2.05) is 39.0 Å². The van der Waals surface area contributed by atoms with E-state index in [0.717, 1.165) is 19.4 Å². The summed E-state index contributed by atoms with van der Waals surface area (Å²) in [5.74, 6) is 0.149. The Bertz CT molecular complexity index is 347. The number of carbonyl (C=O) groups excluding carboxylic acids is 1. The SMILES string of the molecule is CC(C)(C)NC(=O)CCCC[n+]1ccccc1.[Br-]. The first-order chi connectivity index (χ1) is 7.97. The van der Waals surface area contributed by atoms with Crippen LogP contribution in [-0.4, -0.2) is 11.4 Å². The molecule has 1 N–H and O–H groups in total. The smallest absolute Gasteiger partial charge is 0.220 e. The van der Waals surface area contributed by atoms with Crippen molar-refractivity contribution in [3.05, 3.63) is 30.6 Å². The summed E-state index contributed by atoms with van der Waals surface area (Å²) in [6.45, 7) is 6.99. The summed E-state index contributed by atoms with van der Waals surface area (Å²) >= 11 is 0. The number of hydrogen-bond donors (Lipinski definition) is 1. The fourth-order valence-corrected chi connectivity index (χ4v) is 1.64. The van der Waals surface area contributed by atoms with Gasteiger partial charge in [-0.05, 0) is 27.2 Å². The van der Waals surface area contributed by atoms with Crippen molar-refractivity contribution in [2.24, 2.45) is 0 Å². The quantitative estimate of drug-likeness (QED) is 0.552. The van der Waals surface area contributed by atoms with Gasteiger partial charge in [0.1, 0.15) is 6.54 Å². The van der Waals surface area contributed by atoms with Crippen LogP contribution in [0.15, 0.2) is 30.6 Å². The van der Waals surface area contributed by atoms with Crippen LogP contribution in [0, 0.1) is 0 Å². The Labute approximate surface area is 120 Å². The number of amides is 1. The maximum atomic E-state index is 11.6. The molecule has 4 heteroatoms. The van der Waals surface area contributed by atoms with E-state index in [2.05, 4.69) is 22.3 Å². The number of aryl methyl sites for hydroxylation is 1. The second kappa shape index (κ2) is 8.25. The molecule has 0 radical (unpaired) electrons. The minimum Gasteiger partial charge on any atom is -1.00 e.